The zero-order chi connectivity index (χ0) is 15.1. The molecule has 2 nitrogen and oxygen atoms in total. The minimum Gasteiger partial charge on any atom is -0.389 e. The lowest BCUT2D eigenvalue weighted by Crippen LogP contribution is -2.11. The van der Waals surface area contributed by atoms with Gasteiger partial charge in [0.05, 0.1) is 0 Å². The maximum absolute atomic E-state index is 4.14. The standard InChI is InChI=1S/C18H24N2/c1-7-17(11-10-15(4)19-6)20-16(5)18-12-13(2)8-9-14(18)3/h7-12,19-20H,4-5H2,1-3,6H3/b11-10-,17-7+. The molecule has 0 saturated carbocycles. The summed E-state index contributed by atoms with van der Waals surface area (Å²) in [6.07, 6.45) is 5.92. The van der Waals surface area contributed by atoms with E-state index in [2.05, 4.69) is 55.8 Å². The highest BCUT2D eigenvalue weighted by Gasteiger charge is 2.03. The van der Waals surface area contributed by atoms with Crippen molar-refractivity contribution in [2.75, 3.05) is 7.05 Å². The van der Waals surface area contributed by atoms with Gasteiger partial charge < -0.3 is 10.6 Å². The third-order valence-electron chi connectivity index (χ3n) is 3.11. The van der Waals surface area contributed by atoms with Gasteiger partial charge in [-0.1, -0.05) is 36.9 Å². The lowest BCUT2D eigenvalue weighted by Gasteiger charge is -2.14. The van der Waals surface area contributed by atoms with Crippen LogP contribution in [0.1, 0.15) is 23.6 Å². The van der Waals surface area contributed by atoms with Crippen molar-refractivity contribution in [3.63, 3.8) is 0 Å². The summed E-state index contributed by atoms with van der Waals surface area (Å²) in [7, 11) is 1.85. The van der Waals surface area contributed by atoms with Crippen LogP contribution in [0.2, 0.25) is 0 Å². The van der Waals surface area contributed by atoms with Crippen LogP contribution in [-0.4, -0.2) is 7.05 Å². The summed E-state index contributed by atoms with van der Waals surface area (Å²) in [5.41, 5.74) is 6.35. The Kier molecular flexibility index (Phi) is 5.85. The summed E-state index contributed by atoms with van der Waals surface area (Å²) in [6, 6.07) is 6.37. The van der Waals surface area contributed by atoms with Gasteiger partial charge in [0.25, 0.3) is 0 Å². The van der Waals surface area contributed by atoms with Crippen LogP contribution in [0.5, 0.6) is 0 Å². The second kappa shape index (κ2) is 7.39. The highest BCUT2D eigenvalue weighted by atomic mass is 14.9. The summed E-state index contributed by atoms with van der Waals surface area (Å²) in [5.74, 6) is 0. The van der Waals surface area contributed by atoms with E-state index in [1.807, 2.05) is 32.2 Å². The molecule has 0 saturated heterocycles. The molecule has 0 aliphatic heterocycles. The summed E-state index contributed by atoms with van der Waals surface area (Å²) in [4.78, 5) is 0. The zero-order valence-corrected chi connectivity index (χ0v) is 12.9. The molecule has 0 atom stereocenters. The Labute approximate surface area is 122 Å². The van der Waals surface area contributed by atoms with Crippen LogP contribution in [0.25, 0.3) is 5.70 Å². The summed E-state index contributed by atoms with van der Waals surface area (Å²) >= 11 is 0. The van der Waals surface area contributed by atoms with E-state index in [4.69, 9.17) is 0 Å². The van der Waals surface area contributed by atoms with E-state index in [9.17, 15) is 0 Å². The van der Waals surface area contributed by atoms with Gasteiger partial charge in [0.2, 0.25) is 0 Å². The van der Waals surface area contributed by atoms with Crippen molar-refractivity contribution >= 4 is 5.70 Å². The van der Waals surface area contributed by atoms with E-state index in [0.717, 1.165) is 22.7 Å². The van der Waals surface area contributed by atoms with Crippen LogP contribution >= 0.6 is 0 Å². The van der Waals surface area contributed by atoms with E-state index >= 15 is 0 Å². The molecule has 1 rings (SSSR count). The Balaban J connectivity index is 2.86. The van der Waals surface area contributed by atoms with Gasteiger partial charge in [-0.05, 0) is 44.6 Å². The van der Waals surface area contributed by atoms with Gasteiger partial charge in [-0.2, -0.15) is 0 Å². The molecule has 0 aliphatic carbocycles. The monoisotopic (exact) mass is 268 g/mol. The second-order valence-electron chi connectivity index (χ2n) is 4.77. The molecule has 2 heteroatoms. The van der Waals surface area contributed by atoms with Crippen molar-refractivity contribution in [2.24, 2.45) is 0 Å². The predicted octanol–water partition coefficient (Wildman–Crippen LogP) is 4.06. The smallest absolute Gasteiger partial charge is 0.0387 e. The third kappa shape index (κ3) is 4.47. The lowest BCUT2D eigenvalue weighted by molar-refractivity contribution is 1.04. The molecule has 20 heavy (non-hydrogen) atoms. The van der Waals surface area contributed by atoms with Crippen LogP contribution in [0.3, 0.4) is 0 Å². The van der Waals surface area contributed by atoms with Crippen LogP contribution < -0.4 is 10.6 Å². The average Bonchev–Trinajstić information content (AvgIpc) is 2.45. The van der Waals surface area contributed by atoms with Crippen molar-refractivity contribution < 1.29 is 0 Å². The third-order valence-corrected chi connectivity index (χ3v) is 3.11. The largest absolute Gasteiger partial charge is 0.389 e. The Hall–Kier alpha value is -2.22. The summed E-state index contributed by atoms with van der Waals surface area (Å²) in [5, 5.41) is 6.33. The van der Waals surface area contributed by atoms with E-state index < -0.39 is 0 Å². The number of hydrogen-bond donors (Lipinski definition) is 2. The maximum atomic E-state index is 4.14. The van der Waals surface area contributed by atoms with Gasteiger partial charge in [0, 0.05) is 29.7 Å². The number of likely N-dealkylation sites (N-methyl/N-ethyl adjacent to an activating group) is 1. The Morgan fingerprint density at radius 1 is 1.15 bits per heavy atom. The zero-order valence-electron chi connectivity index (χ0n) is 12.9. The Bertz CT molecular complexity index is 563. The highest BCUT2D eigenvalue weighted by molar-refractivity contribution is 5.67. The van der Waals surface area contributed by atoms with Crippen LogP contribution in [-0.2, 0) is 0 Å². The van der Waals surface area contributed by atoms with Crippen LogP contribution in [0.15, 0.2) is 61.0 Å². The van der Waals surface area contributed by atoms with Crippen molar-refractivity contribution in [1.82, 2.24) is 10.6 Å². The summed E-state index contributed by atoms with van der Waals surface area (Å²) < 4.78 is 0. The van der Waals surface area contributed by atoms with Gasteiger partial charge >= 0.3 is 0 Å². The molecule has 0 amide bonds. The molecule has 2 N–H and O–H groups in total. The quantitative estimate of drug-likeness (QED) is 0.760. The first-order valence-electron chi connectivity index (χ1n) is 6.72. The molecular weight excluding hydrogens is 244 g/mol. The number of allylic oxidation sites excluding steroid dienone is 3. The topological polar surface area (TPSA) is 24.1 Å². The fraction of sp³-hybridized carbons (Fsp3) is 0.222. The van der Waals surface area contributed by atoms with Crippen LogP contribution in [0.4, 0.5) is 0 Å². The first-order chi connectivity index (χ1) is 9.47. The van der Waals surface area contributed by atoms with Crippen LogP contribution in [0, 0.1) is 13.8 Å². The molecule has 0 unspecified atom stereocenters. The molecule has 0 fully saturated rings. The predicted molar refractivity (Wildman–Crippen MR) is 89.2 cm³/mol. The van der Waals surface area contributed by atoms with Crippen molar-refractivity contribution in [2.45, 2.75) is 20.8 Å². The van der Waals surface area contributed by atoms with E-state index in [0.29, 0.717) is 0 Å². The number of rotatable bonds is 6. The lowest BCUT2D eigenvalue weighted by atomic mass is 10.0. The number of benzene rings is 1. The minimum absolute atomic E-state index is 0.864. The Morgan fingerprint density at radius 3 is 2.45 bits per heavy atom. The van der Waals surface area contributed by atoms with Gasteiger partial charge in [0.1, 0.15) is 0 Å². The SMILES string of the molecule is C=C(/C=C\C(=C/C)NC(=C)c1cc(C)ccc1C)NC. The number of aryl methyl sites for hydroxylation is 2. The van der Waals surface area contributed by atoms with Gasteiger partial charge in [-0.3, -0.25) is 0 Å². The first-order valence-corrected chi connectivity index (χ1v) is 6.72. The molecule has 0 heterocycles. The van der Waals surface area contributed by atoms with E-state index in [1.165, 1.54) is 11.1 Å². The fourth-order valence-corrected chi connectivity index (χ4v) is 1.79. The average molecular weight is 268 g/mol. The second-order valence-corrected chi connectivity index (χ2v) is 4.77. The fourth-order valence-electron chi connectivity index (χ4n) is 1.79. The molecule has 1 aromatic rings. The van der Waals surface area contributed by atoms with E-state index in [1.54, 1.807) is 0 Å². The Morgan fingerprint density at radius 2 is 1.85 bits per heavy atom. The van der Waals surface area contributed by atoms with Crippen molar-refractivity contribution in [3.05, 3.63) is 77.7 Å². The van der Waals surface area contributed by atoms with Crippen molar-refractivity contribution in [3.8, 4) is 0 Å². The van der Waals surface area contributed by atoms with Gasteiger partial charge in [0.15, 0.2) is 0 Å². The molecule has 0 bridgehead atoms. The normalized spacial score (nSPS) is 11.5. The summed E-state index contributed by atoms with van der Waals surface area (Å²) in [6.45, 7) is 14.2. The molecule has 0 radical (unpaired) electrons. The molecule has 0 aliphatic rings. The van der Waals surface area contributed by atoms with Gasteiger partial charge in [-0.15, -0.1) is 0 Å². The van der Waals surface area contributed by atoms with E-state index in [-0.39, 0.29) is 0 Å². The molecule has 106 valence electrons. The highest BCUT2D eigenvalue weighted by Crippen LogP contribution is 2.18. The first kappa shape index (κ1) is 15.8. The molecule has 0 aromatic heterocycles. The number of nitrogens with one attached hydrogen (secondary N) is 2. The van der Waals surface area contributed by atoms with Gasteiger partial charge in [-0.25, -0.2) is 0 Å². The minimum atomic E-state index is 0.864. The molecule has 0 spiro atoms. The number of hydrogen-bond acceptors (Lipinski definition) is 2. The van der Waals surface area contributed by atoms with Crippen molar-refractivity contribution in [1.29, 1.82) is 0 Å². The molecule has 1 aromatic carbocycles. The molecular formula is C18H24N2. The maximum Gasteiger partial charge on any atom is 0.0387 e.